The van der Waals surface area contributed by atoms with E-state index >= 15 is 0 Å². The van der Waals surface area contributed by atoms with Crippen LogP contribution >= 0.6 is 11.3 Å². The number of pyridine rings is 1. The summed E-state index contributed by atoms with van der Waals surface area (Å²) in [6.07, 6.45) is 2.06. The molecule has 0 saturated carbocycles. The second-order valence-electron chi connectivity index (χ2n) is 6.03. The Balaban J connectivity index is 2.20. The van der Waals surface area contributed by atoms with Crippen LogP contribution in [0.3, 0.4) is 0 Å². The van der Waals surface area contributed by atoms with Crippen LogP contribution in [0.2, 0.25) is 0 Å². The van der Waals surface area contributed by atoms with E-state index in [1.54, 1.807) is 23.5 Å². The molecule has 0 N–H and O–H groups in total. The van der Waals surface area contributed by atoms with Crippen molar-refractivity contribution in [3.8, 4) is 11.3 Å². The number of benzene rings is 2. The van der Waals surface area contributed by atoms with E-state index in [1.165, 1.54) is 32.5 Å². The molecule has 1 nitrogen and oxygen atoms in total. The van der Waals surface area contributed by atoms with Gasteiger partial charge in [0.2, 0.25) is 5.69 Å². The Morgan fingerprint density at radius 2 is 1.83 bits per heavy atom. The van der Waals surface area contributed by atoms with Crippen LogP contribution in [0, 0.1) is 19.7 Å². The lowest BCUT2D eigenvalue weighted by Crippen LogP contribution is -2.30. The fraction of sp³-hybridized carbons (Fsp3) is 0.150. The van der Waals surface area contributed by atoms with Gasteiger partial charge in [0.15, 0.2) is 6.20 Å². The van der Waals surface area contributed by atoms with E-state index in [-0.39, 0.29) is 5.82 Å². The number of rotatable bonds is 1. The second kappa shape index (κ2) is 5.14. The molecular formula is C20H17FNS+. The van der Waals surface area contributed by atoms with Gasteiger partial charge in [-0.2, -0.15) is 0 Å². The minimum Gasteiger partial charge on any atom is -0.207 e. The molecule has 23 heavy (non-hydrogen) atoms. The van der Waals surface area contributed by atoms with Crippen LogP contribution in [-0.4, -0.2) is 0 Å². The maximum Gasteiger partial charge on any atom is 0.213 e. The van der Waals surface area contributed by atoms with Crippen molar-refractivity contribution >= 4 is 31.5 Å². The molecule has 0 aliphatic rings. The van der Waals surface area contributed by atoms with Gasteiger partial charge < -0.3 is 0 Å². The molecule has 0 fully saturated rings. The summed E-state index contributed by atoms with van der Waals surface area (Å²) in [6, 6.07) is 13.6. The largest absolute Gasteiger partial charge is 0.213 e. The van der Waals surface area contributed by atoms with Gasteiger partial charge in [0.25, 0.3) is 0 Å². The third kappa shape index (κ3) is 2.15. The number of aromatic nitrogens is 1. The van der Waals surface area contributed by atoms with Crippen molar-refractivity contribution in [3.05, 3.63) is 65.6 Å². The maximum atomic E-state index is 13.6. The van der Waals surface area contributed by atoms with Crippen molar-refractivity contribution in [1.82, 2.24) is 0 Å². The standard InChI is InChI=1S/C20H17FNS/c1-12-10-13(2)19(16-6-4-5-9-22(16)3)20-18(12)15-8-7-14(21)11-17(15)23-20/h4-11H,1-3H3/q+1. The second-order valence-corrected chi connectivity index (χ2v) is 7.08. The average Bonchev–Trinajstić information content (AvgIpc) is 2.87. The predicted molar refractivity (Wildman–Crippen MR) is 95.4 cm³/mol. The Bertz CT molecular complexity index is 1060. The van der Waals surface area contributed by atoms with Gasteiger partial charge in [-0.05, 0) is 49.2 Å². The quantitative estimate of drug-likeness (QED) is 0.419. The Kier molecular flexibility index (Phi) is 3.20. The van der Waals surface area contributed by atoms with E-state index in [9.17, 15) is 4.39 Å². The molecule has 114 valence electrons. The summed E-state index contributed by atoms with van der Waals surface area (Å²) in [5, 5.41) is 2.39. The SMILES string of the molecule is Cc1cc(C)c2c(sc3cc(F)ccc32)c1-c1cccc[n+]1C. The molecule has 0 spiro atoms. The Hall–Kier alpha value is -2.26. The van der Waals surface area contributed by atoms with Gasteiger partial charge in [0.05, 0.1) is 5.56 Å². The summed E-state index contributed by atoms with van der Waals surface area (Å²) in [7, 11) is 2.06. The average molecular weight is 322 g/mol. The Morgan fingerprint density at radius 3 is 2.61 bits per heavy atom. The molecular weight excluding hydrogens is 305 g/mol. The fourth-order valence-corrected chi connectivity index (χ4v) is 4.80. The van der Waals surface area contributed by atoms with Gasteiger partial charge in [-0.1, -0.05) is 6.07 Å². The van der Waals surface area contributed by atoms with Crippen LogP contribution in [0.1, 0.15) is 11.1 Å². The Labute approximate surface area is 138 Å². The van der Waals surface area contributed by atoms with E-state index < -0.39 is 0 Å². The summed E-state index contributed by atoms with van der Waals surface area (Å²) in [6.45, 7) is 4.29. The third-order valence-corrected chi connectivity index (χ3v) is 5.58. The summed E-state index contributed by atoms with van der Waals surface area (Å²) >= 11 is 1.68. The number of nitrogens with zero attached hydrogens (tertiary/aromatic N) is 1. The van der Waals surface area contributed by atoms with E-state index in [0.717, 1.165) is 10.1 Å². The number of halogens is 1. The normalized spacial score (nSPS) is 11.5. The van der Waals surface area contributed by atoms with Crippen LogP contribution < -0.4 is 4.57 Å². The summed E-state index contributed by atoms with van der Waals surface area (Å²) < 4.78 is 18.0. The number of hydrogen-bond acceptors (Lipinski definition) is 1. The zero-order chi connectivity index (χ0) is 16.1. The molecule has 0 amide bonds. The summed E-state index contributed by atoms with van der Waals surface area (Å²) in [4.78, 5) is 0. The first-order valence-electron chi connectivity index (χ1n) is 7.63. The van der Waals surface area contributed by atoms with Crippen LogP contribution in [0.5, 0.6) is 0 Å². The molecule has 4 aromatic rings. The van der Waals surface area contributed by atoms with Crippen molar-refractivity contribution in [2.75, 3.05) is 0 Å². The minimum absolute atomic E-state index is 0.176. The van der Waals surface area contributed by atoms with Crippen molar-refractivity contribution in [2.24, 2.45) is 7.05 Å². The molecule has 2 heterocycles. The van der Waals surface area contributed by atoms with Crippen molar-refractivity contribution < 1.29 is 8.96 Å². The van der Waals surface area contributed by atoms with Gasteiger partial charge in [-0.25, -0.2) is 8.96 Å². The molecule has 4 rings (SSSR count). The molecule has 0 bridgehead atoms. The first kappa shape index (κ1) is 14.3. The number of aryl methyl sites for hydroxylation is 3. The monoisotopic (exact) mass is 322 g/mol. The highest BCUT2D eigenvalue weighted by Crippen LogP contribution is 2.42. The molecule has 0 unspecified atom stereocenters. The molecule has 0 atom stereocenters. The lowest BCUT2D eigenvalue weighted by Gasteiger charge is -2.08. The summed E-state index contributed by atoms with van der Waals surface area (Å²) in [5.41, 5.74) is 4.93. The Morgan fingerprint density at radius 1 is 1.00 bits per heavy atom. The maximum absolute atomic E-state index is 13.6. The summed E-state index contributed by atoms with van der Waals surface area (Å²) in [5.74, 6) is -0.176. The smallest absolute Gasteiger partial charge is 0.207 e. The van der Waals surface area contributed by atoms with Crippen LogP contribution in [-0.2, 0) is 7.05 Å². The number of fused-ring (bicyclic) bond motifs is 3. The fourth-order valence-electron chi connectivity index (χ4n) is 3.39. The van der Waals surface area contributed by atoms with Crippen LogP contribution in [0.25, 0.3) is 31.4 Å². The van der Waals surface area contributed by atoms with E-state index in [2.05, 4.69) is 49.9 Å². The highest BCUT2D eigenvalue weighted by atomic mass is 32.1. The molecule has 0 saturated heterocycles. The molecule has 0 radical (unpaired) electrons. The molecule has 0 aliphatic heterocycles. The van der Waals surface area contributed by atoms with Crippen LogP contribution in [0.4, 0.5) is 4.39 Å². The van der Waals surface area contributed by atoms with Crippen molar-refractivity contribution in [3.63, 3.8) is 0 Å². The first-order valence-corrected chi connectivity index (χ1v) is 8.45. The minimum atomic E-state index is -0.176. The van der Waals surface area contributed by atoms with E-state index in [1.807, 2.05) is 12.1 Å². The molecule has 2 aromatic heterocycles. The zero-order valence-electron chi connectivity index (χ0n) is 13.4. The number of thiophene rings is 1. The highest BCUT2D eigenvalue weighted by molar-refractivity contribution is 7.26. The zero-order valence-corrected chi connectivity index (χ0v) is 14.2. The van der Waals surface area contributed by atoms with Crippen molar-refractivity contribution in [2.45, 2.75) is 13.8 Å². The molecule has 3 heteroatoms. The highest BCUT2D eigenvalue weighted by Gasteiger charge is 2.20. The lowest BCUT2D eigenvalue weighted by molar-refractivity contribution is -0.660. The number of hydrogen-bond donors (Lipinski definition) is 0. The van der Waals surface area contributed by atoms with Crippen LogP contribution in [0.15, 0.2) is 48.7 Å². The predicted octanol–water partition coefficient (Wildman–Crippen LogP) is 5.30. The first-order chi connectivity index (χ1) is 11.1. The van der Waals surface area contributed by atoms with Crippen molar-refractivity contribution in [1.29, 1.82) is 0 Å². The molecule has 2 aromatic carbocycles. The third-order valence-electron chi connectivity index (χ3n) is 4.41. The van der Waals surface area contributed by atoms with E-state index in [4.69, 9.17) is 0 Å². The van der Waals surface area contributed by atoms with Gasteiger partial charge in [0, 0.05) is 32.3 Å². The van der Waals surface area contributed by atoms with E-state index in [0.29, 0.717) is 0 Å². The van der Waals surface area contributed by atoms with Gasteiger partial charge >= 0.3 is 0 Å². The van der Waals surface area contributed by atoms with Gasteiger partial charge in [-0.15, -0.1) is 11.3 Å². The van der Waals surface area contributed by atoms with Gasteiger partial charge in [-0.3, -0.25) is 0 Å². The lowest BCUT2D eigenvalue weighted by atomic mass is 9.97. The molecule has 0 aliphatic carbocycles. The topological polar surface area (TPSA) is 3.88 Å². The van der Waals surface area contributed by atoms with Gasteiger partial charge in [0.1, 0.15) is 12.9 Å².